The van der Waals surface area contributed by atoms with Crippen molar-refractivity contribution in [3.63, 3.8) is 0 Å². The second-order valence-corrected chi connectivity index (χ2v) is 3.20. The van der Waals surface area contributed by atoms with Gasteiger partial charge < -0.3 is 11.5 Å². The van der Waals surface area contributed by atoms with Crippen LogP contribution in [0.2, 0.25) is 0 Å². The number of benzene rings is 2. The number of anilines is 2. The summed E-state index contributed by atoms with van der Waals surface area (Å²) in [6.45, 7) is 0. The van der Waals surface area contributed by atoms with E-state index in [0.29, 0.717) is 22.1 Å². The zero-order chi connectivity index (χ0) is 11.0. The van der Waals surface area contributed by atoms with Crippen LogP contribution in [-0.2, 0) is 0 Å². The van der Waals surface area contributed by atoms with Gasteiger partial charge in [-0.05, 0) is 18.2 Å². The standard InChI is InChI=1S/C10H9N3O2/c11-7-3-1-2-6-9(13(14)15)5-4-8(12)10(6)7/h1-5H,11-12H2. The van der Waals surface area contributed by atoms with Crippen LogP contribution in [0, 0.1) is 10.1 Å². The van der Waals surface area contributed by atoms with Crippen molar-refractivity contribution in [2.24, 2.45) is 0 Å². The van der Waals surface area contributed by atoms with Crippen molar-refractivity contribution in [1.82, 2.24) is 0 Å². The first-order valence-electron chi connectivity index (χ1n) is 4.32. The fourth-order valence-electron chi connectivity index (χ4n) is 1.61. The van der Waals surface area contributed by atoms with Gasteiger partial charge in [0.1, 0.15) is 0 Å². The predicted octanol–water partition coefficient (Wildman–Crippen LogP) is 1.91. The molecule has 0 atom stereocenters. The number of fused-ring (bicyclic) bond motifs is 1. The van der Waals surface area contributed by atoms with Crippen molar-refractivity contribution in [3.8, 4) is 0 Å². The van der Waals surface area contributed by atoms with Crippen LogP contribution in [0.3, 0.4) is 0 Å². The van der Waals surface area contributed by atoms with Crippen LogP contribution in [0.15, 0.2) is 30.3 Å². The van der Waals surface area contributed by atoms with Crippen molar-refractivity contribution in [1.29, 1.82) is 0 Å². The Morgan fingerprint density at radius 3 is 2.40 bits per heavy atom. The topological polar surface area (TPSA) is 95.2 Å². The van der Waals surface area contributed by atoms with Crippen LogP contribution in [0.1, 0.15) is 0 Å². The number of hydrogen-bond acceptors (Lipinski definition) is 4. The molecule has 0 aliphatic carbocycles. The van der Waals surface area contributed by atoms with Crippen molar-refractivity contribution in [2.45, 2.75) is 0 Å². The van der Waals surface area contributed by atoms with E-state index in [2.05, 4.69) is 0 Å². The molecule has 0 saturated heterocycles. The second kappa shape index (κ2) is 3.13. The Balaban J connectivity index is 2.95. The Morgan fingerprint density at radius 1 is 1.07 bits per heavy atom. The number of nitro benzene ring substituents is 1. The molecule has 0 unspecified atom stereocenters. The highest BCUT2D eigenvalue weighted by atomic mass is 16.6. The van der Waals surface area contributed by atoms with E-state index < -0.39 is 4.92 Å². The number of nitrogen functional groups attached to an aromatic ring is 2. The average molecular weight is 203 g/mol. The van der Waals surface area contributed by atoms with Crippen molar-refractivity contribution in [3.05, 3.63) is 40.4 Å². The van der Waals surface area contributed by atoms with E-state index >= 15 is 0 Å². The number of nitrogens with two attached hydrogens (primary N) is 2. The maximum atomic E-state index is 10.8. The maximum Gasteiger partial charge on any atom is 0.277 e. The average Bonchev–Trinajstić information content (AvgIpc) is 2.17. The molecule has 0 radical (unpaired) electrons. The SMILES string of the molecule is Nc1cccc2c([N+](=O)[O-])ccc(N)c12. The molecule has 5 heteroatoms. The van der Waals surface area contributed by atoms with Gasteiger partial charge in [0.05, 0.1) is 10.3 Å². The maximum absolute atomic E-state index is 10.8. The summed E-state index contributed by atoms with van der Waals surface area (Å²) in [5.41, 5.74) is 12.4. The zero-order valence-electron chi connectivity index (χ0n) is 7.81. The molecule has 0 amide bonds. The van der Waals surface area contributed by atoms with Crippen LogP contribution < -0.4 is 11.5 Å². The smallest absolute Gasteiger partial charge is 0.277 e. The molecule has 0 aliphatic rings. The highest BCUT2D eigenvalue weighted by Crippen LogP contribution is 2.33. The zero-order valence-corrected chi connectivity index (χ0v) is 7.81. The second-order valence-electron chi connectivity index (χ2n) is 3.20. The minimum absolute atomic E-state index is 0.0199. The summed E-state index contributed by atoms with van der Waals surface area (Å²) in [6.07, 6.45) is 0. The lowest BCUT2D eigenvalue weighted by Gasteiger charge is -2.05. The van der Waals surface area contributed by atoms with E-state index in [-0.39, 0.29) is 5.69 Å². The minimum atomic E-state index is -0.443. The number of non-ortho nitro benzene ring substituents is 1. The highest BCUT2D eigenvalue weighted by Gasteiger charge is 2.14. The molecule has 4 N–H and O–H groups in total. The summed E-state index contributed by atoms with van der Waals surface area (Å²) in [5, 5.41) is 11.8. The first-order valence-corrected chi connectivity index (χ1v) is 4.32. The third-order valence-corrected chi connectivity index (χ3v) is 2.28. The van der Waals surface area contributed by atoms with Gasteiger partial charge >= 0.3 is 0 Å². The lowest BCUT2D eigenvalue weighted by atomic mass is 10.1. The minimum Gasteiger partial charge on any atom is -0.398 e. The Morgan fingerprint density at radius 2 is 1.73 bits per heavy atom. The van der Waals surface area contributed by atoms with Crippen molar-refractivity contribution in [2.75, 3.05) is 11.5 Å². The molecular formula is C10H9N3O2. The van der Waals surface area contributed by atoms with E-state index in [4.69, 9.17) is 11.5 Å². The lowest BCUT2D eigenvalue weighted by Crippen LogP contribution is -1.96. The quantitative estimate of drug-likeness (QED) is 0.420. The molecule has 0 fully saturated rings. The van der Waals surface area contributed by atoms with Crippen LogP contribution in [0.5, 0.6) is 0 Å². The third-order valence-electron chi connectivity index (χ3n) is 2.28. The van der Waals surface area contributed by atoms with Gasteiger partial charge in [-0.15, -0.1) is 0 Å². The Hall–Kier alpha value is -2.30. The summed E-state index contributed by atoms with van der Waals surface area (Å²) < 4.78 is 0. The summed E-state index contributed by atoms with van der Waals surface area (Å²) in [7, 11) is 0. The van der Waals surface area contributed by atoms with Crippen molar-refractivity contribution >= 4 is 27.8 Å². The Kier molecular flexibility index (Phi) is 1.93. The molecule has 2 aromatic carbocycles. The van der Waals surface area contributed by atoms with Gasteiger partial charge in [-0.3, -0.25) is 10.1 Å². The highest BCUT2D eigenvalue weighted by molar-refractivity contribution is 6.05. The molecule has 0 aliphatic heterocycles. The molecule has 0 aromatic heterocycles. The summed E-state index contributed by atoms with van der Waals surface area (Å²) in [5.74, 6) is 0. The van der Waals surface area contributed by atoms with E-state index in [1.165, 1.54) is 12.1 Å². The molecule has 15 heavy (non-hydrogen) atoms. The van der Waals surface area contributed by atoms with Gasteiger partial charge in [0.2, 0.25) is 0 Å². The number of rotatable bonds is 1. The monoisotopic (exact) mass is 203 g/mol. The third kappa shape index (κ3) is 1.34. The van der Waals surface area contributed by atoms with Crippen molar-refractivity contribution < 1.29 is 4.92 Å². The van der Waals surface area contributed by atoms with Crippen LogP contribution in [0.4, 0.5) is 17.1 Å². The van der Waals surface area contributed by atoms with Gasteiger partial charge in [-0.25, -0.2) is 0 Å². The fourth-order valence-corrected chi connectivity index (χ4v) is 1.61. The van der Waals surface area contributed by atoms with E-state index in [1.807, 2.05) is 0 Å². The molecule has 5 nitrogen and oxygen atoms in total. The molecule has 0 spiro atoms. The number of nitrogens with zero attached hydrogens (tertiary/aromatic N) is 1. The lowest BCUT2D eigenvalue weighted by molar-refractivity contribution is -0.383. The summed E-state index contributed by atoms with van der Waals surface area (Å²) in [4.78, 5) is 10.3. The van der Waals surface area contributed by atoms with E-state index in [1.54, 1.807) is 18.2 Å². The van der Waals surface area contributed by atoms with E-state index in [0.717, 1.165) is 0 Å². The van der Waals surface area contributed by atoms with Gasteiger partial charge in [0, 0.05) is 22.8 Å². The number of nitro groups is 1. The number of hydrogen-bond donors (Lipinski definition) is 2. The molecule has 0 bridgehead atoms. The van der Waals surface area contributed by atoms with Gasteiger partial charge in [0.25, 0.3) is 5.69 Å². The first-order chi connectivity index (χ1) is 7.11. The molecule has 2 aromatic rings. The molecule has 2 rings (SSSR count). The van der Waals surface area contributed by atoms with Gasteiger partial charge in [-0.1, -0.05) is 6.07 Å². The molecule has 0 saturated carbocycles. The largest absolute Gasteiger partial charge is 0.398 e. The molecular weight excluding hydrogens is 194 g/mol. The molecule has 0 heterocycles. The fraction of sp³-hybridized carbons (Fsp3) is 0. The Labute approximate surface area is 85.4 Å². The van der Waals surface area contributed by atoms with Crippen LogP contribution >= 0.6 is 0 Å². The first kappa shape index (κ1) is 9.26. The summed E-state index contributed by atoms with van der Waals surface area (Å²) in [6, 6.07) is 7.86. The predicted molar refractivity (Wildman–Crippen MR) is 59.4 cm³/mol. The van der Waals surface area contributed by atoms with Crippen LogP contribution in [0.25, 0.3) is 10.8 Å². The van der Waals surface area contributed by atoms with Gasteiger partial charge in [-0.2, -0.15) is 0 Å². The van der Waals surface area contributed by atoms with Crippen LogP contribution in [-0.4, -0.2) is 4.92 Å². The Bertz CT molecular complexity index is 543. The summed E-state index contributed by atoms with van der Waals surface area (Å²) >= 11 is 0. The molecule has 76 valence electrons. The van der Waals surface area contributed by atoms with Gasteiger partial charge in [0.15, 0.2) is 0 Å². The normalized spacial score (nSPS) is 10.4. The van der Waals surface area contributed by atoms with E-state index in [9.17, 15) is 10.1 Å².